The van der Waals surface area contributed by atoms with E-state index in [0.717, 1.165) is 39.2 Å². The van der Waals surface area contributed by atoms with Crippen molar-refractivity contribution >= 4 is 22.4 Å². The molecule has 0 radical (unpaired) electrons. The van der Waals surface area contributed by atoms with Crippen LogP contribution < -0.4 is 5.73 Å². The lowest BCUT2D eigenvalue weighted by Gasteiger charge is -2.16. The van der Waals surface area contributed by atoms with Gasteiger partial charge in [-0.3, -0.25) is 4.98 Å². The fraction of sp³-hybridized carbons (Fsp3) is 0.250. The number of anilines is 1. The first-order chi connectivity index (χ1) is 15.1. The van der Waals surface area contributed by atoms with Crippen LogP contribution in [0.15, 0.2) is 55.1 Å². The Morgan fingerprint density at radius 3 is 2.48 bits per heavy atom. The van der Waals surface area contributed by atoms with Crippen LogP contribution in [0.5, 0.6) is 0 Å². The van der Waals surface area contributed by atoms with Crippen LogP contribution in [0.4, 0.5) is 5.82 Å². The van der Waals surface area contributed by atoms with Crippen LogP contribution in [0.1, 0.15) is 43.6 Å². The number of fused-ring (bicyclic) bond motifs is 2. The zero-order valence-corrected chi connectivity index (χ0v) is 18.5. The summed E-state index contributed by atoms with van der Waals surface area (Å²) >= 11 is 0. The maximum absolute atomic E-state index is 6.10. The van der Waals surface area contributed by atoms with Crippen molar-refractivity contribution in [1.29, 1.82) is 0 Å². The van der Waals surface area contributed by atoms with Crippen LogP contribution in [0.25, 0.3) is 27.9 Å². The van der Waals surface area contributed by atoms with Crippen molar-refractivity contribution < 1.29 is 0 Å². The molecule has 1 atom stereocenters. The summed E-state index contributed by atoms with van der Waals surface area (Å²) in [6, 6.07) is 12.1. The van der Waals surface area contributed by atoms with Crippen LogP contribution in [0.3, 0.4) is 0 Å². The number of pyridine rings is 2. The molecule has 158 valence electrons. The number of nitrogens with zero attached hydrogens (tertiary/aromatic N) is 6. The molecule has 1 unspecified atom stereocenters. The van der Waals surface area contributed by atoms with E-state index in [9.17, 15) is 0 Å². The first kappa shape index (κ1) is 20.5. The molecular weight excluding hydrogens is 386 g/mol. The largest absolute Gasteiger partial charge is 0.383 e. The van der Waals surface area contributed by atoms with Crippen molar-refractivity contribution in [3.63, 3.8) is 0 Å². The third kappa shape index (κ3) is 3.22. The average molecular weight is 414 g/mol. The number of hydrogen-bond acceptors (Lipinski definition) is 5. The number of aromatic nitrogens is 6. The van der Waals surface area contributed by atoms with Gasteiger partial charge in [-0.1, -0.05) is 26.0 Å². The summed E-state index contributed by atoms with van der Waals surface area (Å²) in [5.41, 5.74) is 13.2. The van der Waals surface area contributed by atoms with Crippen molar-refractivity contribution in [2.24, 2.45) is 0 Å². The molecule has 5 rings (SSSR count). The lowest BCUT2D eigenvalue weighted by atomic mass is 10.0. The fourth-order valence-electron chi connectivity index (χ4n) is 4.23. The zero-order valence-electron chi connectivity index (χ0n) is 18.5. The highest BCUT2D eigenvalue weighted by atomic mass is 15.3. The molecule has 0 aliphatic carbocycles. The van der Waals surface area contributed by atoms with Gasteiger partial charge in [0.1, 0.15) is 12.1 Å². The first-order valence-corrected chi connectivity index (χ1v) is 10.5. The van der Waals surface area contributed by atoms with Gasteiger partial charge in [-0.15, -0.1) is 0 Å². The normalized spacial score (nSPS) is 12.0. The van der Waals surface area contributed by atoms with Crippen molar-refractivity contribution in [1.82, 2.24) is 29.1 Å². The van der Waals surface area contributed by atoms with Gasteiger partial charge in [0.25, 0.3) is 0 Å². The summed E-state index contributed by atoms with van der Waals surface area (Å²) in [6.07, 6.45) is 5.39. The summed E-state index contributed by atoms with van der Waals surface area (Å²) in [6.45, 7) is 10.2. The molecule has 0 aromatic carbocycles. The predicted molar refractivity (Wildman–Crippen MR) is 125 cm³/mol. The molecule has 0 saturated heterocycles. The zero-order chi connectivity index (χ0) is 22.1. The van der Waals surface area contributed by atoms with E-state index >= 15 is 0 Å². The van der Waals surface area contributed by atoms with Gasteiger partial charge in [0.15, 0.2) is 5.65 Å². The van der Waals surface area contributed by atoms with Crippen LogP contribution >= 0.6 is 0 Å². The van der Waals surface area contributed by atoms with E-state index in [4.69, 9.17) is 10.8 Å². The molecule has 5 aromatic rings. The minimum atomic E-state index is -0.0718. The second-order valence-electron chi connectivity index (χ2n) is 7.22. The molecule has 2 N–H and O–H groups in total. The average Bonchev–Trinajstić information content (AvgIpc) is 3.31. The lowest BCUT2D eigenvalue weighted by Crippen LogP contribution is -2.11. The van der Waals surface area contributed by atoms with E-state index in [2.05, 4.69) is 51.5 Å². The van der Waals surface area contributed by atoms with E-state index in [-0.39, 0.29) is 6.04 Å². The number of aryl methyl sites for hydroxylation is 2. The Morgan fingerprint density at radius 1 is 0.968 bits per heavy atom. The van der Waals surface area contributed by atoms with Gasteiger partial charge >= 0.3 is 0 Å². The van der Waals surface area contributed by atoms with Crippen molar-refractivity contribution in [3.05, 3.63) is 71.9 Å². The van der Waals surface area contributed by atoms with Crippen molar-refractivity contribution in [2.45, 2.75) is 40.7 Å². The molecule has 0 fully saturated rings. The lowest BCUT2D eigenvalue weighted by molar-refractivity contribution is 0.573. The maximum Gasteiger partial charge on any atom is 0.164 e. The summed E-state index contributed by atoms with van der Waals surface area (Å²) in [4.78, 5) is 13.2. The number of nitrogens with two attached hydrogens (primary N) is 1. The molecule has 5 heterocycles. The van der Waals surface area contributed by atoms with Crippen LogP contribution in [0, 0.1) is 13.8 Å². The van der Waals surface area contributed by atoms with Gasteiger partial charge < -0.3 is 10.1 Å². The molecule has 0 spiro atoms. The van der Waals surface area contributed by atoms with E-state index in [1.54, 1.807) is 0 Å². The van der Waals surface area contributed by atoms with Gasteiger partial charge in [0, 0.05) is 23.5 Å². The standard InChI is InChI=1S/C22H21N7.C2H6/c1-13-17-9-5-7-11-28(17)20(16-8-4-6-10-24-16)18(13)15(3)29-22-19(14(2)27-29)21(23)25-12-26-22;1-2/h4-12,15H,1-3H3,(H2,23,25,26);1-2H3. The fourth-order valence-corrected chi connectivity index (χ4v) is 4.23. The van der Waals surface area contributed by atoms with Gasteiger partial charge in [0.05, 0.1) is 28.5 Å². The number of rotatable bonds is 3. The minimum absolute atomic E-state index is 0.0718. The smallest absolute Gasteiger partial charge is 0.164 e. The van der Waals surface area contributed by atoms with E-state index in [1.807, 2.05) is 55.9 Å². The highest BCUT2D eigenvalue weighted by molar-refractivity contribution is 5.88. The Bertz CT molecular complexity index is 1350. The molecule has 7 heteroatoms. The van der Waals surface area contributed by atoms with Gasteiger partial charge in [-0.05, 0) is 50.6 Å². The third-order valence-electron chi connectivity index (χ3n) is 5.53. The number of hydrogen-bond donors (Lipinski definition) is 1. The minimum Gasteiger partial charge on any atom is -0.383 e. The summed E-state index contributed by atoms with van der Waals surface area (Å²) < 4.78 is 4.14. The van der Waals surface area contributed by atoms with Crippen molar-refractivity contribution in [2.75, 3.05) is 5.73 Å². The molecule has 0 aliphatic rings. The summed E-state index contributed by atoms with van der Waals surface area (Å²) in [5, 5.41) is 5.58. The van der Waals surface area contributed by atoms with Crippen LogP contribution in [-0.4, -0.2) is 29.1 Å². The molecule has 7 nitrogen and oxygen atoms in total. The van der Waals surface area contributed by atoms with Gasteiger partial charge in [-0.2, -0.15) is 5.10 Å². The van der Waals surface area contributed by atoms with E-state index in [0.29, 0.717) is 5.82 Å². The first-order valence-electron chi connectivity index (χ1n) is 10.5. The second kappa shape index (κ2) is 8.18. The Hall–Kier alpha value is -3.74. The SMILES string of the molecule is CC.Cc1nn(C(C)c2c(C)c3ccccn3c2-c2ccccn2)c2ncnc(N)c12. The second-order valence-corrected chi connectivity index (χ2v) is 7.22. The molecule has 0 amide bonds. The van der Waals surface area contributed by atoms with Crippen molar-refractivity contribution in [3.8, 4) is 11.4 Å². The third-order valence-corrected chi connectivity index (χ3v) is 5.53. The van der Waals surface area contributed by atoms with Crippen LogP contribution in [0.2, 0.25) is 0 Å². The monoisotopic (exact) mass is 413 g/mol. The predicted octanol–water partition coefficient (Wildman–Crippen LogP) is 4.98. The van der Waals surface area contributed by atoms with E-state index < -0.39 is 0 Å². The highest BCUT2D eigenvalue weighted by Crippen LogP contribution is 2.37. The quantitative estimate of drug-likeness (QED) is 0.451. The molecule has 0 saturated carbocycles. The Labute approximate surface area is 181 Å². The number of nitrogen functional groups attached to an aromatic ring is 1. The summed E-state index contributed by atoms with van der Waals surface area (Å²) in [7, 11) is 0. The van der Waals surface area contributed by atoms with Crippen LogP contribution in [-0.2, 0) is 0 Å². The molecule has 0 aliphatic heterocycles. The van der Waals surface area contributed by atoms with Gasteiger partial charge in [0.2, 0.25) is 0 Å². The molecule has 31 heavy (non-hydrogen) atoms. The van der Waals surface area contributed by atoms with Gasteiger partial charge in [-0.25, -0.2) is 14.6 Å². The maximum atomic E-state index is 6.10. The topological polar surface area (TPSA) is 86.9 Å². The molecular formula is C24H27N7. The summed E-state index contributed by atoms with van der Waals surface area (Å²) in [5.74, 6) is 0.453. The Balaban J connectivity index is 0.00000112. The molecule has 0 bridgehead atoms. The van der Waals surface area contributed by atoms with E-state index in [1.165, 1.54) is 11.9 Å². The Kier molecular flexibility index (Phi) is 5.42. The highest BCUT2D eigenvalue weighted by Gasteiger charge is 2.26. The Morgan fingerprint density at radius 2 is 1.74 bits per heavy atom. The molecule has 5 aromatic heterocycles.